The van der Waals surface area contributed by atoms with Gasteiger partial charge < -0.3 is 15.0 Å². The Hall–Kier alpha value is -2.80. The fourth-order valence-electron chi connectivity index (χ4n) is 2.74. The lowest BCUT2D eigenvalue weighted by Crippen LogP contribution is -2.50. The van der Waals surface area contributed by atoms with Crippen LogP contribution >= 0.6 is 0 Å². The molecule has 1 N–H and O–H groups in total. The highest BCUT2D eigenvalue weighted by atomic mass is 19.2. The minimum atomic E-state index is -1.08. The number of hydrogen-bond donors (Lipinski definition) is 1. The molecule has 1 atom stereocenters. The van der Waals surface area contributed by atoms with E-state index in [0.29, 0.717) is 6.54 Å². The maximum absolute atomic E-state index is 13.2. The number of hydrogen-bond acceptors (Lipinski definition) is 3. The number of carbonyl (C=O) groups is 2. The molecule has 3 rings (SSSR count). The van der Waals surface area contributed by atoms with E-state index in [2.05, 4.69) is 5.32 Å². The summed E-state index contributed by atoms with van der Waals surface area (Å²) in [4.78, 5) is 25.8. The molecule has 0 spiro atoms. The fraction of sp³-hybridized carbons (Fsp3) is 0.263. The Balaban J connectivity index is 1.62. The molecule has 1 heterocycles. The molecule has 0 aromatic heterocycles. The van der Waals surface area contributed by atoms with Gasteiger partial charge in [0.2, 0.25) is 0 Å². The maximum Gasteiger partial charge on any atom is 0.253 e. The second kappa shape index (κ2) is 7.61. The van der Waals surface area contributed by atoms with Gasteiger partial charge in [-0.25, -0.2) is 8.78 Å². The van der Waals surface area contributed by atoms with Gasteiger partial charge in [-0.2, -0.15) is 0 Å². The summed E-state index contributed by atoms with van der Waals surface area (Å²) in [5.74, 6) is -2.78. The summed E-state index contributed by atoms with van der Waals surface area (Å²) in [6.07, 6.45) is -0.401. The predicted octanol–water partition coefficient (Wildman–Crippen LogP) is 2.44. The monoisotopic (exact) mass is 360 g/mol. The van der Waals surface area contributed by atoms with Crippen molar-refractivity contribution < 1.29 is 23.1 Å². The van der Waals surface area contributed by atoms with Crippen LogP contribution < -0.4 is 10.2 Å². The predicted molar refractivity (Wildman–Crippen MR) is 92.0 cm³/mol. The molecule has 26 heavy (non-hydrogen) atoms. The Bertz CT molecular complexity index is 841. The van der Waals surface area contributed by atoms with Crippen LogP contribution in [0, 0.1) is 18.6 Å². The van der Waals surface area contributed by atoms with E-state index in [1.807, 2.05) is 31.2 Å². The van der Waals surface area contributed by atoms with E-state index in [1.165, 1.54) is 6.07 Å². The molecular formula is C19H18F2N2O3. The SMILES string of the molecule is Cc1cccc(N2CC(CNC(=O)c3ccc(F)c(F)c3)OCC2=O)c1. The minimum Gasteiger partial charge on any atom is -0.365 e. The quantitative estimate of drug-likeness (QED) is 0.911. The Kier molecular flexibility index (Phi) is 5.27. The fourth-order valence-corrected chi connectivity index (χ4v) is 2.74. The van der Waals surface area contributed by atoms with Crippen molar-refractivity contribution in [1.29, 1.82) is 0 Å². The van der Waals surface area contributed by atoms with Crippen molar-refractivity contribution in [3.8, 4) is 0 Å². The minimum absolute atomic E-state index is 0.0197. The molecule has 1 fully saturated rings. The average molecular weight is 360 g/mol. The van der Waals surface area contributed by atoms with Crippen LogP contribution in [0.3, 0.4) is 0 Å². The third-order valence-corrected chi connectivity index (χ3v) is 4.12. The Morgan fingerprint density at radius 2 is 2.04 bits per heavy atom. The third-order valence-electron chi connectivity index (χ3n) is 4.12. The van der Waals surface area contributed by atoms with Gasteiger partial charge >= 0.3 is 0 Å². The molecule has 136 valence electrons. The van der Waals surface area contributed by atoms with Gasteiger partial charge in [0.15, 0.2) is 11.6 Å². The van der Waals surface area contributed by atoms with Crippen molar-refractivity contribution >= 4 is 17.5 Å². The van der Waals surface area contributed by atoms with Crippen LogP contribution in [-0.4, -0.2) is 37.6 Å². The molecule has 0 aliphatic carbocycles. The summed E-state index contributed by atoms with van der Waals surface area (Å²) in [6, 6.07) is 10.5. The molecule has 2 amide bonds. The van der Waals surface area contributed by atoms with Crippen LogP contribution in [0.25, 0.3) is 0 Å². The van der Waals surface area contributed by atoms with E-state index in [1.54, 1.807) is 4.90 Å². The normalized spacial score (nSPS) is 17.3. The lowest BCUT2D eigenvalue weighted by molar-refractivity contribution is -0.129. The number of morpholine rings is 1. The van der Waals surface area contributed by atoms with Crippen molar-refractivity contribution in [2.45, 2.75) is 13.0 Å². The second-order valence-corrected chi connectivity index (χ2v) is 6.12. The van der Waals surface area contributed by atoms with Gasteiger partial charge in [0.05, 0.1) is 12.6 Å². The zero-order chi connectivity index (χ0) is 18.7. The van der Waals surface area contributed by atoms with Gasteiger partial charge in [0.25, 0.3) is 11.8 Å². The molecular weight excluding hydrogens is 342 g/mol. The van der Waals surface area contributed by atoms with E-state index in [-0.39, 0.29) is 24.6 Å². The van der Waals surface area contributed by atoms with Gasteiger partial charge in [-0.1, -0.05) is 12.1 Å². The first kappa shape index (κ1) is 18.0. The standard InChI is InChI=1S/C19H18F2N2O3/c1-12-3-2-4-14(7-12)23-10-15(26-11-18(23)24)9-22-19(25)13-5-6-16(20)17(21)8-13/h2-8,15H,9-11H2,1H3,(H,22,25). The summed E-state index contributed by atoms with van der Waals surface area (Å²) >= 11 is 0. The number of amides is 2. The van der Waals surface area contributed by atoms with Crippen molar-refractivity contribution in [2.24, 2.45) is 0 Å². The third kappa shape index (κ3) is 4.05. The number of halogens is 2. The summed E-state index contributed by atoms with van der Waals surface area (Å²) < 4.78 is 31.6. The maximum atomic E-state index is 13.2. The molecule has 1 unspecified atom stereocenters. The average Bonchev–Trinajstić information content (AvgIpc) is 2.63. The molecule has 2 aromatic carbocycles. The molecule has 1 aliphatic rings. The van der Waals surface area contributed by atoms with E-state index in [4.69, 9.17) is 4.74 Å². The van der Waals surface area contributed by atoms with E-state index >= 15 is 0 Å². The van der Waals surface area contributed by atoms with Crippen LogP contribution in [0.1, 0.15) is 15.9 Å². The zero-order valence-corrected chi connectivity index (χ0v) is 14.2. The summed E-state index contributed by atoms with van der Waals surface area (Å²) in [5, 5.41) is 2.62. The highest BCUT2D eigenvalue weighted by Gasteiger charge is 2.27. The van der Waals surface area contributed by atoms with Crippen LogP contribution in [0.2, 0.25) is 0 Å². The Morgan fingerprint density at radius 3 is 2.77 bits per heavy atom. The smallest absolute Gasteiger partial charge is 0.253 e. The summed E-state index contributed by atoms with van der Waals surface area (Å²) in [6.45, 7) is 2.29. The van der Waals surface area contributed by atoms with Crippen molar-refractivity contribution in [2.75, 3.05) is 24.6 Å². The number of ether oxygens (including phenoxy) is 1. The highest BCUT2D eigenvalue weighted by Crippen LogP contribution is 2.19. The molecule has 2 aromatic rings. The first-order valence-electron chi connectivity index (χ1n) is 8.16. The Labute approximate surface area is 149 Å². The van der Waals surface area contributed by atoms with E-state index in [0.717, 1.165) is 23.4 Å². The Morgan fingerprint density at radius 1 is 1.23 bits per heavy atom. The van der Waals surface area contributed by atoms with Crippen molar-refractivity contribution in [1.82, 2.24) is 5.32 Å². The molecule has 1 saturated heterocycles. The van der Waals surface area contributed by atoms with E-state index < -0.39 is 23.6 Å². The lowest BCUT2D eigenvalue weighted by atomic mass is 10.1. The molecule has 0 bridgehead atoms. The number of nitrogens with zero attached hydrogens (tertiary/aromatic N) is 1. The number of nitrogens with one attached hydrogen (secondary N) is 1. The highest BCUT2D eigenvalue weighted by molar-refractivity contribution is 5.95. The number of carbonyl (C=O) groups excluding carboxylic acids is 2. The van der Waals surface area contributed by atoms with Crippen LogP contribution in [0.15, 0.2) is 42.5 Å². The van der Waals surface area contributed by atoms with E-state index in [9.17, 15) is 18.4 Å². The zero-order valence-electron chi connectivity index (χ0n) is 14.2. The summed E-state index contributed by atoms with van der Waals surface area (Å²) in [7, 11) is 0. The largest absolute Gasteiger partial charge is 0.365 e. The van der Waals surface area contributed by atoms with Gasteiger partial charge in [-0.15, -0.1) is 0 Å². The van der Waals surface area contributed by atoms with Crippen LogP contribution in [-0.2, 0) is 9.53 Å². The number of anilines is 1. The van der Waals surface area contributed by atoms with Gasteiger partial charge in [-0.05, 0) is 42.8 Å². The first-order chi connectivity index (χ1) is 12.4. The molecule has 7 heteroatoms. The number of benzene rings is 2. The molecule has 0 saturated carbocycles. The number of aryl methyl sites for hydroxylation is 1. The van der Waals surface area contributed by atoms with Crippen molar-refractivity contribution in [3.63, 3.8) is 0 Å². The van der Waals surface area contributed by atoms with Gasteiger partial charge in [0, 0.05) is 17.8 Å². The molecule has 5 nitrogen and oxygen atoms in total. The second-order valence-electron chi connectivity index (χ2n) is 6.12. The lowest BCUT2D eigenvalue weighted by Gasteiger charge is -2.33. The number of rotatable bonds is 4. The van der Waals surface area contributed by atoms with Gasteiger partial charge in [-0.3, -0.25) is 9.59 Å². The topological polar surface area (TPSA) is 58.6 Å². The molecule has 1 aliphatic heterocycles. The molecule has 0 radical (unpaired) electrons. The van der Waals surface area contributed by atoms with Crippen LogP contribution in [0.5, 0.6) is 0 Å². The first-order valence-corrected chi connectivity index (χ1v) is 8.16. The summed E-state index contributed by atoms with van der Waals surface area (Å²) in [5.41, 5.74) is 1.83. The van der Waals surface area contributed by atoms with Gasteiger partial charge in [0.1, 0.15) is 6.61 Å². The van der Waals surface area contributed by atoms with Crippen molar-refractivity contribution in [3.05, 3.63) is 65.2 Å². The van der Waals surface area contributed by atoms with Crippen LogP contribution in [0.4, 0.5) is 14.5 Å².